The first kappa shape index (κ1) is 17.8. The first-order valence-corrected chi connectivity index (χ1v) is 9.44. The molecular formula is C20H25FN4O2. The smallest absolute Gasteiger partial charge is 0.226 e. The van der Waals surface area contributed by atoms with Gasteiger partial charge in [-0.05, 0) is 30.5 Å². The van der Waals surface area contributed by atoms with E-state index in [-0.39, 0.29) is 23.4 Å². The van der Waals surface area contributed by atoms with Gasteiger partial charge in [-0.3, -0.25) is 9.48 Å². The quantitative estimate of drug-likeness (QED) is 0.827. The normalized spacial score (nSPS) is 19.7. The number of hydrogen-bond donors (Lipinski definition) is 0. The van der Waals surface area contributed by atoms with Crippen molar-refractivity contribution in [2.24, 2.45) is 13.0 Å². The second-order valence-corrected chi connectivity index (χ2v) is 7.31. The molecular weight excluding hydrogens is 347 g/mol. The first-order valence-electron chi connectivity index (χ1n) is 9.44. The lowest BCUT2D eigenvalue weighted by molar-refractivity contribution is -0.136. The van der Waals surface area contributed by atoms with Crippen molar-refractivity contribution in [3.8, 4) is 5.75 Å². The van der Waals surface area contributed by atoms with Gasteiger partial charge in [0, 0.05) is 63.0 Å². The zero-order chi connectivity index (χ0) is 19.0. The van der Waals surface area contributed by atoms with E-state index in [0.29, 0.717) is 13.1 Å². The van der Waals surface area contributed by atoms with Crippen molar-refractivity contribution in [1.29, 1.82) is 0 Å². The summed E-state index contributed by atoms with van der Waals surface area (Å²) in [5, 5.41) is 4.32. The van der Waals surface area contributed by atoms with Crippen molar-refractivity contribution in [2.75, 3.05) is 38.2 Å². The van der Waals surface area contributed by atoms with Gasteiger partial charge >= 0.3 is 0 Å². The zero-order valence-corrected chi connectivity index (χ0v) is 15.8. The summed E-state index contributed by atoms with van der Waals surface area (Å²) in [6, 6.07) is 4.91. The average molecular weight is 372 g/mol. The molecule has 2 heterocycles. The Bertz CT molecular complexity index is 843. The van der Waals surface area contributed by atoms with Crippen LogP contribution in [0.2, 0.25) is 0 Å². The molecule has 144 valence electrons. The Morgan fingerprint density at radius 1 is 1.26 bits per heavy atom. The summed E-state index contributed by atoms with van der Waals surface area (Å²) >= 11 is 0. The van der Waals surface area contributed by atoms with Crippen LogP contribution in [0, 0.1) is 11.7 Å². The van der Waals surface area contributed by atoms with Crippen LogP contribution in [0.4, 0.5) is 10.1 Å². The number of ether oxygens (including phenoxy) is 1. The summed E-state index contributed by atoms with van der Waals surface area (Å²) < 4.78 is 20.6. The fourth-order valence-corrected chi connectivity index (χ4v) is 4.14. The molecule has 1 saturated heterocycles. The molecule has 0 radical (unpaired) electrons. The summed E-state index contributed by atoms with van der Waals surface area (Å²) in [5.41, 5.74) is 3.39. The Labute approximate surface area is 158 Å². The Hall–Kier alpha value is -2.57. The van der Waals surface area contributed by atoms with E-state index >= 15 is 0 Å². The molecule has 1 aliphatic carbocycles. The second-order valence-electron chi connectivity index (χ2n) is 7.31. The van der Waals surface area contributed by atoms with Crippen molar-refractivity contribution < 1.29 is 13.9 Å². The lowest BCUT2D eigenvalue weighted by atomic mass is 9.87. The molecule has 4 rings (SSSR count). The number of halogens is 1. The predicted octanol–water partition coefficient (Wildman–Crippen LogP) is 2.02. The Balaban J connectivity index is 1.38. The van der Waals surface area contributed by atoms with Gasteiger partial charge in [-0.2, -0.15) is 5.10 Å². The second kappa shape index (κ2) is 7.21. The molecule has 2 aromatic rings. The molecule has 1 unspecified atom stereocenters. The van der Waals surface area contributed by atoms with Crippen LogP contribution in [-0.2, 0) is 24.7 Å². The highest BCUT2D eigenvalue weighted by atomic mass is 19.1. The zero-order valence-electron chi connectivity index (χ0n) is 15.8. The highest BCUT2D eigenvalue weighted by Crippen LogP contribution is 2.28. The third-order valence-electron chi connectivity index (χ3n) is 5.79. The number of amides is 1. The number of carbonyl (C=O) groups excluding carboxylic acids is 1. The standard InChI is InChI=1S/C20H25FN4O2/c1-23-18-11-14(3-4-15(18)13-22-23)20(26)25-9-7-24(8-10-25)16-5-6-17(21)19(12-16)27-2/h5-6,12-14H,3-4,7-11H2,1-2H3. The number of rotatable bonds is 3. The van der Waals surface area contributed by atoms with Crippen molar-refractivity contribution >= 4 is 11.6 Å². The molecule has 0 spiro atoms. The molecule has 0 bridgehead atoms. The average Bonchev–Trinajstić information content (AvgIpc) is 3.08. The van der Waals surface area contributed by atoms with E-state index in [1.54, 1.807) is 12.1 Å². The van der Waals surface area contributed by atoms with Crippen LogP contribution >= 0.6 is 0 Å². The number of fused-ring (bicyclic) bond motifs is 1. The van der Waals surface area contributed by atoms with E-state index in [0.717, 1.165) is 38.0 Å². The molecule has 1 amide bonds. The molecule has 1 fully saturated rings. The Morgan fingerprint density at radius 3 is 2.78 bits per heavy atom. The van der Waals surface area contributed by atoms with E-state index in [1.807, 2.05) is 22.8 Å². The summed E-state index contributed by atoms with van der Waals surface area (Å²) in [6.45, 7) is 2.86. The number of aromatic nitrogens is 2. The lowest BCUT2D eigenvalue weighted by Crippen LogP contribution is -2.51. The van der Waals surface area contributed by atoms with Crippen LogP contribution in [-0.4, -0.2) is 53.9 Å². The van der Waals surface area contributed by atoms with Gasteiger partial charge in [-0.1, -0.05) is 0 Å². The van der Waals surface area contributed by atoms with Gasteiger partial charge in [0.1, 0.15) is 0 Å². The number of nitrogens with zero attached hydrogens (tertiary/aromatic N) is 4. The summed E-state index contributed by atoms with van der Waals surface area (Å²) in [5.74, 6) is 0.186. The molecule has 1 aliphatic heterocycles. The number of aryl methyl sites for hydroxylation is 2. The van der Waals surface area contributed by atoms with Gasteiger partial charge in [0.05, 0.1) is 13.3 Å². The van der Waals surface area contributed by atoms with Gasteiger partial charge in [0.25, 0.3) is 0 Å². The van der Waals surface area contributed by atoms with Gasteiger partial charge in [0.15, 0.2) is 11.6 Å². The number of hydrogen-bond acceptors (Lipinski definition) is 4. The van der Waals surface area contributed by atoms with Crippen molar-refractivity contribution in [3.05, 3.63) is 41.5 Å². The highest BCUT2D eigenvalue weighted by molar-refractivity contribution is 5.79. The van der Waals surface area contributed by atoms with E-state index in [4.69, 9.17) is 4.74 Å². The Kier molecular flexibility index (Phi) is 4.76. The van der Waals surface area contributed by atoms with Crippen molar-refractivity contribution in [1.82, 2.24) is 14.7 Å². The first-order chi connectivity index (χ1) is 13.1. The maximum absolute atomic E-state index is 13.6. The van der Waals surface area contributed by atoms with Crippen LogP contribution in [0.5, 0.6) is 5.75 Å². The maximum Gasteiger partial charge on any atom is 0.226 e. The number of carbonyl (C=O) groups is 1. The van der Waals surface area contributed by atoms with Gasteiger partial charge in [-0.15, -0.1) is 0 Å². The Morgan fingerprint density at radius 2 is 2.04 bits per heavy atom. The third-order valence-corrected chi connectivity index (χ3v) is 5.79. The fourth-order valence-electron chi connectivity index (χ4n) is 4.14. The third kappa shape index (κ3) is 3.38. The maximum atomic E-state index is 13.6. The highest BCUT2D eigenvalue weighted by Gasteiger charge is 2.31. The summed E-state index contributed by atoms with van der Waals surface area (Å²) in [7, 11) is 3.41. The van der Waals surface area contributed by atoms with E-state index in [9.17, 15) is 9.18 Å². The van der Waals surface area contributed by atoms with E-state index in [2.05, 4.69) is 10.00 Å². The van der Waals surface area contributed by atoms with Crippen LogP contribution in [0.25, 0.3) is 0 Å². The van der Waals surface area contributed by atoms with Crippen molar-refractivity contribution in [2.45, 2.75) is 19.3 Å². The molecule has 0 N–H and O–H groups in total. The fraction of sp³-hybridized carbons (Fsp3) is 0.500. The molecule has 7 heteroatoms. The van der Waals surface area contributed by atoms with Crippen LogP contribution in [0.3, 0.4) is 0 Å². The molecule has 0 saturated carbocycles. The van der Waals surface area contributed by atoms with Gasteiger partial charge in [-0.25, -0.2) is 4.39 Å². The van der Waals surface area contributed by atoms with Crippen LogP contribution < -0.4 is 9.64 Å². The van der Waals surface area contributed by atoms with Gasteiger partial charge < -0.3 is 14.5 Å². The molecule has 1 aromatic carbocycles. The molecule has 1 atom stereocenters. The molecule has 1 aromatic heterocycles. The number of methoxy groups -OCH3 is 1. The molecule has 6 nitrogen and oxygen atoms in total. The molecule has 27 heavy (non-hydrogen) atoms. The van der Waals surface area contributed by atoms with E-state index in [1.165, 1.54) is 24.4 Å². The lowest BCUT2D eigenvalue weighted by Gasteiger charge is -2.38. The number of benzene rings is 1. The number of anilines is 1. The monoisotopic (exact) mass is 372 g/mol. The van der Waals surface area contributed by atoms with Crippen molar-refractivity contribution in [3.63, 3.8) is 0 Å². The van der Waals surface area contributed by atoms with Crippen LogP contribution in [0.15, 0.2) is 24.4 Å². The van der Waals surface area contributed by atoms with E-state index < -0.39 is 0 Å². The topological polar surface area (TPSA) is 50.6 Å². The largest absolute Gasteiger partial charge is 0.494 e. The van der Waals surface area contributed by atoms with Crippen LogP contribution in [0.1, 0.15) is 17.7 Å². The minimum absolute atomic E-state index is 0.0466. The molecule has 2 aliphatic rings. The SMILES string of the molecule is COc1cc(N2CCN(C(=O)C3CCc4cnn(C)c4C3)CC2)ccc1F. The minimum Gasteiger partial charge on any atom is -0.494 e. The predicted molar refractivity (Wildman–Crippen MR) is 100 cm³/mol. The summed E-state index contributed by atoms with van der Waals surface area (Å²) in [6.07, 6.45) is 4.52. The minimum atomic E-state index is -0.359. The van der Waals surface area contributed by atoms with Gasteiger partial charge in [0.2, 0.25) is 5.91 Å². The number of piperazine rings is 1. The summed E-state index contributed by atoms with van der Waals surface area (Å²) in [4.78, 5) is 17.1.